The smallest absolute Gasteiger partial charge is 0.253 e. The number of ether oxygens (including phenoxy) is 1. The largest absolute Gasteiger partial charge is 0.489 e. The molecular weight excluding hydrogens is 348 g/mol. The van der Waals surface area contributed by atoms with Crippen molar-refractivity contribution in [3.63, 3.8) is 0 Å². The molecule has 0 radical (unpaired) electrons. The van der Waals surface area contributed by atoms with E-state index in [1.54, 1.807) is 32.3 Å². The van der Waals surface area contributed by atoms with Crippen LogP contribution >= 0.6 is 0 Å². The highest BCUT2D eigenvalue weighted by Crippen LogP contribution is 2.34. The van der Waals surface area contributed by atoms with Gasteiger partial charge in [-0.25, -0.2) is 0 Å². The van der Waals surface area contributed by atoms with Gasteiger partial charge in [0.05, 0.1) is 24.7 Å². The lowest BCUT2D eigenvalue weighted by molar-refractivity contribution is -0.126. The van der Waals surface area contributed by atoms with Gasteiger partial charge in [-0.3, -0.25) is 14.4 Å². The fourth-order valence-corrected chi connectivity index (χ4v) is 2.83. The lowest BCUT2D eigenvalue weighted by Crippen LogP contribution is -2.45. The van der Waals surface area contributed by atoms with Gasteiger partial charge in [0.15, 0.2) is 0 Å². The summed E-state index contributed by atoms with van der Waals surface area (Å²) >= 11 is 0. The van der Waals surface area contributed by atoms with Crippen LogP contribution in [0.4, 0.5) is 5.69 Å². The second-order valence-corrected chi connectivity index (χ2v) is 7.16. The molecule has 27 heavy (non-hydrogen) atoms. The van der Waals surface area contributed by atoms with E-state index in [0.29, 0.717) is 17.9 Å². The third kappa shape index (κ3) is 5.35. The lowest BCUT2D eigenvalue weighted by atomic mass is 10.1. The minimum absolute atomic E-state index is 0.0304. The Morgan fingerprint density at radius 1 is 1.26 bits per heavy atom. The third-order valence-electron chi connectivity index (χ3n) is 4.29. The van der Waals surface area contributed by atoms with Gasteiger partial charge >= 0.3 is 0 Å². The number of fused-ring (bicyclic) bond motifs is 1. The minimum Gasteiger partial charge on any atom is -0.489 e. The molecule has 2 rings (SSSR count). The van der Waals surface area contributed by atoms with Gasteiger partial charge in [0, 0.05) is 32.7 Å². The second kappa shape index (κ2) is 8.75. The van der Waals surface area contributed by atoms with Crippen molar-refractivity contribution >= 4 is 23.4 Å². The summed E-state index contributed by atoms with van der Waals surface area (Å²) in [6, 6.07) is 5.13. The number of likely N-dealkylation sites (N-methyl/N-ethyl adjacent to an activating group) is 1. The maximum absolute atomic E-state index is 12.2. The van der Waals surface area contributed by atoms with Crippen molar-refractivity contribution in [3.8, 4) is 5.75 Å². The monoisotopic (exact) mass is 376 g/mol. The molecule has 0 spiro atoms. The normalized spacial score (nSPS) is 15.6. The van der Waals surface area contributed by atoms with Gasteiger partial charge in [-0.15, -0.1) is 0 Å². The van der Waals surface area contributed by atoms with Crippen molar-refractivity contribution < 1.29 is 19.1 Å². The summed E-state index contributed by atoms with van der Waals surface area (Å²) in [5.41, 5.74) is 1.33. The average molecular weight is 376 g/mol. The first-order chi connectivity index (χ1) is 12.7. The standard InChI is InChI=1S/C19H28N4O4/c1-12(2)21-18(25)10-20-17(24)9-14-11-27-16-7-6-13(19(26)22(3)4)8-15(16)23(14)5/h6-8,12,14H,9-11H2,1-5H3,(H,20,24)(H,21,25). The van der Waals surface area contributed by atoms with Crippen molar-refractivity contribution in [1.82, 2.24) is 15.5 Å². The number of nitrogens with one attached hydrogen (secondary N) is 2. The van der Waals surface area contributed by atoms with Gasteiger partial charge < -0.3 is 25.2 Å². The first-order valence-electron chi connectivity index (χ1n) is 8.96. The van der Waals surface area contributed by atoms with Gasteiger partial charge in [-0.05, 0) is 32.0 Å². The number of carbonyl (C=O) groups is 3. The SMILES string of the molecule is CC(C)NC(=O)CNC(=O)CC1COc2ccc(C(=O)N(C)C)cc2N1C. The molecule has 0 aromatic heterocycles. The molecule has 8 nitrogen and oxygen atoms in total. The van der Waals surface area contributed by atoms with Crippen LogP contribution in [0.5, 0.6) is 5.75 Å². The predicted octanol–water partition coefficient (Wildman–Crippen LogP) is 0.617. The number of nitrogens with zero attached hydrogens (tertiary/aromatic N) is 2. The fourth-order valence-electron chi connectivity index (χ4n) is 2.83. The van der Waals surface area contributed by atoms with E-state index in [1.807, 2.05) is 25.8 Å². The summed E-state index contributed by atoms with van der Waals surface area (Å²) in [6.45, 7) is 4.03. The number of anilines is 1. The van der Waals surface area contributed by atoms with E-state index in [9.17, 15) is 14.4 Å². The Balaban J connectivity index is 2.00. The highest BCUT2D eigenvalue weighted by molar-refractivity contribution is 5.95. The maximum Gasteiger partial charge on any atom is 0.253 e. The molecule has 0 bridgehead atoms. The highest BCUT2D eigenvalue weighted by atomic mass is 16.5. The molecule has 1 aromatic rings. The van der Waals surface area contributed by atoms with Crippen LogP contribution in [-0.2, 0) is 9.59 Å². The van der Waals surface area contributed by atoms with E-state index in [0.717, 1.165) is 5.69 Å². The van der Waals surface area contributed by atoms with Gasteiger partial charge in [0.2, 0.25) is 11.8 Å². The average Bonchev–Trinajstić information content (AvgIpc) is 2.61. The van der Waals surface area contributed by atoms with Gasteiger partial charge in [0.25, 0.3) is 5.91 Å². The molecule has 0 saturated heterocycles. The zero-order valence-electron chi connectivity index (χ0n) is 16.5. The molecular formula is C19H28N4O4. The number of hydrogen-bond acceptors (Lipinski definition) is 5. The molecule has 2 N–H and O–H groups in total. The highest BCUT2D eigenvalue weighted by Gasteiger charge is 2.28. The van der Waals surface area contributed by atoms with Crippen LogP contribution in [0, 0.1) is 0 Å². The Labute approximate surface area is 159 Å². The molecule has 148 valence electrons. The van der Waals surface area contributed by atoms with Crippen LogP contribution in [0.2, 0.25) is 0 Å². The van der Waals surface area contributed by atoms with Crippen LogP contribution in [-0.4, -0.2) is 69.0 Å². The Morgan fingerprint density at radius 3 is 2.59 bits per heavy atom. The maximum atomic E-state index is 12.2. The summed E-state index contributed by atoms with van der Waals surface area (Å²) in [5, 5.41) is 5.35. The van der Waals surface area contributed by atoms with Gasteiger partial charge in [-0.1, -0.05) is 0 Å². The molecule has 0 fully saturated rings. The molecule has 1 unspecified atom stereocenters. The molecule has 8 heteroatoms. The van der Waals surface area contributed by atoms with Crippen molar-refractivity contribution in [2.45, 2.75) is 32.4 Å². The molecule has 1 atom stereocenters. The quantitative estimate of drug-likeness (QED) is 0.759. The topological polar surface area (TPSA) is 91.0 Å². The molecule has 1 aromatic carbocycles. The van der Waals surface area contributed by atoms with E-state index in [2.05, 4.69) is 10.6 Å². The number of carbonyl (C=O) groups excluding carboxylic acids is 3. The van der Waals surface area contributed by atoms with Crippen LogP contribution in [0.3, 0.4) is 0 Å². The molecule has 0 aliphatic carbocycles. The lowest BCUT2D eigenvalue weighted by Gasteiger charge is -2.35. The summed E-state index contributed by atoms with van der Waals surface area (Å²) in [7, 11) is 5.27. The van der Waals surface area contributed by atoms with Crippen molar-refractivity contribution in [1.29, 1.82) is 0 Å². The Bertz CT molecular complexity index is 718. The Kier molecular flexibility index (Phi) is 6.65. The number of amides is 3. The first-order valence-corrected chi connectivity index (χ1v) is 8.96. The summed E-state index contributed by atoms with van der Waals surface area (Å²) in [6.07, 6.45) is 0.191. The predicted molar refractivity (Wildman–Crippen MR) is 103 cm³/mol. The summed E-state index contributed by atoms with van der Waals surface area (Å²) < 4.78 is 5.75. The zero-order valence-corrected chi connectivity index (χ0v) is 16.5. The Hall–Kier alpha value is -2.77. The molecule has 3 amide bonds. The number of rotatable bonds is 6. The van der Waals surface area contributed by atoms with Crippen LogP contribution in [0.1, 0.15) is 30.6 Å². The molecule has 0 saturated carbocycles. The van der Waals surface area contributed by atoms with E-state index < -0.39 is 0 Å². The van der Waals surface area contributed by atoms with Gasteiger partial charge in [-0.2, -0.15) is 0 Å². The molecule has 1 aliphatic heterocycles. The second-order valence-electron chi connectivity index (χ2n) is 7.16. The zero-order chi connectivity index (χ0) is 20.1. The number of benzene rings is 1. The summed E-state index contributed by atoms with van der Waals surface area (Å²) in [5.74, 6) is 0.144. The fraction of sp³-hybridized carbons (Fsp3) is 0.526. The number of hydrogen-bond donors (Lipinski definition) is 2. The Morgan fingerprint density at radius 2 is 1.96 bits per heavy atom. The minimum atomic E-state index is -0.224. The van der Waals surface area contributed by atoms with E-state index >= 15 is 0 Å². The van der Waals surface area contributed by atoms with Gasteiger partial charge in [0.1, 0.15) is 12.4 Å². The summed E-state index contributed by atoms with van der Waals surface area (Å²) in [4.78, 5) is 39.5. The van der Waals surface area contributed by atoms with Crippen molar-refractivity contribution in [2.75, 3.05) is 39.2 Å². The van der Waals surface area contributed by atoms with E-state index in [4.69, 9.17) is 4.74 Å². The first kappa shape index (κ1) is 20.5. The van der Waals surface area contributed by atoms with Crippen LogP contribution in [0.25, 0.3) is 0 Å². The van der Waals surface area contributed by atoms with Crippen LogP contribution in [0.15, 0.2) is 18.2 Å². The molecule has 1 aliphatic rings. The van der Waals surface area contributed by atoms with Crippen LogP contribution < -0.4 is 20.3 Å². The van der Waals surface area contributed by atoms with E-state index in [1.165, 1.54) is 4.90 Å². The van der Waals surface area contributed by atoms with Crippen molar-refractivity contribution in [2.24, 2.45) is 0 Å². The van der Waals surface area contributed by atoms with E-state index in [-0.39, 0.29) is 42.8 Å². The molecule has 1 heterocycles. The third-order valence-corrected chi connectivity index (χ3v) is 4.29. The van der Waals surface area contributed by atoms with Crippen molar-refractivity contribution in [3.05, 3.63) is 23.8 Å².